The van der Waals surface area contributed by atoms with Crippen molar-refractivity contribution in [1.82, 2.24) is 4.72 Å². The van der Waals surface area contributed by atoms with Crippen molar-refractivity contribution in [2.45, 2.75) is 50.5 Å². The standard InChI is InChI=1S/C14H20N2O2S/c1-4-6-12-7-9-13(10-8-12)19(17,18)16-14(3,5-2)11-15/h7-10,16H,4-6H2,1-3H3. The zero-order valence-electron chi connectivity index (χ0n) is 11.6. The number of sulfonamides is 1. The van der Waals surface area contributed by atoms with Crippen LogP contribution in [-0.4, -0.2) is 14.0 Å². The van der Waals surface area contributed by atoms with Crippen LogP contribution in [0.2, 0.25) is 0 Å². The summed E-state index contributed by atoms with van der Waals surface area (Å²) < 4.78 is 26.8. The predicted molar refractivity (Wildman–Crippen MR) is 75.1 cm³/mol. The van der Waals surface area contributed by atoms with Gasteiger partial charge in [-0.3, -0.25) is 0 Å². The summed E-state index contributed by atoms with van der Waals surface area (Å²) in [5.74, 6) is 0. The Bertz CT molecular complexity index is 558. The van der Waals surface area contributed by atoms with E-state index in [1.165, 1.54) is 0 Å². The summed E-state index contributed by atoms with van der Waals surface area (Å²) in [4.78, 5) is 0.197. The molecule has 0 saturated heterocycles. The first-order valence-electron chi connectivity index (χ1n) is 6.41. The number of hydrogen-bond acceptors (Lipinski definition) is 3. The lowest BCUT2D eigenvalue weighted by atomic mass is 10.0. The number of benzene rings is 1. The van der Waals surface area contributed by atoms with Crippen LogP contribution in [0.1, 0.15) is 39.2 Å². The van der Waals surface area contributed by atoms with Gasteiger partial charge in [-0.15, -0.1) is 0 Å². The summed E-state index contributed by atoms with van der Waals surface area (Å²) in [6.45, 7) is 5.43. The molecule has 0 spiro atoms. The average Bonchev–Trinajstić information content (AvgIpc) is 2.39. The van der Waals surface area contributed by atoms with E-state index in [-0.39, 0.29) is 4.90 Å². The van der Waals surface area contributed by atoms with Gasteiger partial charge in [0.1, 0.15) is 5.54 Å². The van der Waals surface area contributed by atoms with E-state index in [2.05, 4.69) is 11.6 Å². The van der Waals surface area contributed by atoms with Crippen LogP contribution in [0.5, 0.6) is 0 Å². The summed E-state index contributed by atoms with van der Waals surface area (Å²) in [7, 11) is -3.65. The van der Waals surface area contributed by atoms with Gasteiger partial charge >= 0.3 is 0 Å². The Morgan fingerprint density at radius 3 is 2.26 bits per heavy atom. The molecule has 0 saturated carbocycles. The van der Waals surface area contributed by atoms with Crippen LogP contribution in [0.3, 0.4) is 0 Å². The summed E-state index contributed by atoms with van der Waals surface area (Å²) >= 11 is 0. The Hall–Kier alpha value is -1.38. The molecule has 0 aliphatic heterocycles. The molecule has 0 bridgehead atoms. The van der Waals surface area contributed by atoms with E-state index in [1.807, 2.05) is 18.2 Å². The highest BCUT2D eigenvalue weighted by atomic mass is 32.2. The number of nitrogens with one attached hydrogen (secondary N) is 1. The van der Waals surface area contributed by atoms with E-state index < -0.39 is 15.6 Å². The smallest absolute Gasteiger partial charge is 0.207 e. The van der Waals surface area contributed by atoms with Crippen LogP contribution in [-0.2, 0) is 16.4 Å². The third-order valence-corrected chi connectivity index (χ3v) is 4.70. The highest BCUT2D eigenvalue weighted by Gasteiger charge is 2.28. The van der Waals surface area contributed by atoms with E-state index >= 15 is 0 Å². The molecule has 0 aromatic heterocycles. The molecule has 1 aromatic carbocycles. The van der Waals surface area contributed by atoms with Crippen molar-refractivity contribution < 1.29 is 8.42 Å². The SMILES string of the molecule is CCCc1ccc(S(=O)(=O)NC(C)(C#N)CC)cc1. The third-order valence-electron chi connectivity index (χ3n) is 3.09. The fourth-order valence-corrected chi connectivity index (χ4v) is 3.05. The zero-order chi connectivity index (χ0) is 14.5. The Morgan fingerprint density at radius 2 is 1.84 bits per heavy atom. The molecule has 104 valence electrons. The van der Waals surface area contributed by atoms with Crippen molar-refractivity contribution in [3.63, 3.8) is 0 Å². The van der Waals surface area contributed by atoms with Gasteiger partial charge in [-0.05, 0) is 37.5 Å². The Balaban J connectivity index is 2.98. The minimum atomic E-state index is -3.65. The molecule has 19 heavy (non-hydrogen) atoms. The predicted octanol–water partition coefficient (Wildman–Crippen LogP) is 2.61. The number of rotatable bonds is 6. The second-order valence-electron chi connectivity index (χ2n) is 4.80. The van der Waals surface area contributed by atoms with Gasteiger partial charge in [0.2, 0.25) is 10.0 Å². The topological polar surface area (TPSA) is 70.0 Å². The first-order valence-corrected chi connectivity index (χ1v) is 7.89. The third kappa shape index (κ3) is 4.05. The summed E-state index contributed by atoms with van der Waals surface area (Å²) in [5, 5.41) is 9.03. The first kappa shape index (κ1) is 15.7. The first-order chi connectivity index (χ1) is 8.87. The van der Waals surface area contributed by atoms with Crippen LogP contribution >= 0.6 is 0 Å². The lowest BCUT2D eigenvalue weighted by molar-refractivity contribution is 0.495. The fourth-order valence-electron chi connectivity index (χ4n) is 1.65. The largest absolute Gasteiger partial charge is 0.241 e. The lowest BCUT2D eigenvalue weighted by Gasteiger charge is -2.21. The maximum Gasteiger partial charge on any atom is 0.241 e. The molecule has 1 atom stereocenters. The summed E-state index contributed by atoms with van der Waals surface area (Å²) in [6, 6.07) is 8.79. The van der Waals surface area contributed by atoms with Crippen LogP contribution < -0.4 is 4.72 Å². The molecular formula is C14H20N2O2S. The van der Waals surface area contributed by atoms with Gasteiger partial charge < -0.3 is 0 Å². The molecule has 0 fully saturated rings. The van der Waals surface area contributed by atoms with E-state index in [4.69, 9.17) is 5.26 Å². The van der Waals surface area contributed by atoms with Crippen LogP contribution in [0.25, 0.3) is 0 Å². The van der Waals surface area contributed by atoms with Gasteiger partial charge in [-0.2, -0.15) is 9.98 Å². The Kier molecular flexibility index (Phi) is 5.10. The average molecular weight is 280 g/mol. The molecule has 0 aliphatic rings. The van der Waals surface area contributed by atoms with Gasteiger partial charge in [0.25, 0.3) is 0 Å². The van der Waals surface area contributed by atoms with E-state index in [9.17, 15) is 8.42 Å². The maximum atomic E-state index is 12.2. The minimum Gasteiger partial charge on any atom is -0.207 e. The molecule has 1 unspecified atom stereocenters. The van der Waals surface area contributed by atoms with E-state index in [1.54, 1.807) is 26.0 Å². The second-order valence-corrected chi connectivity index (χ2v) is 6.48. The van der Waals surface area contributed by atoms with E-state index in [0.717, 1.165) is 18.4 Å². The van der Waals surface area contributed by atoms with Crippen molar-refractivity contribution >= 4 is 10.0 Å². The summed E-state index contributed by atoms with van der Waals surface area (Å²) in [5.41, 5.74) is 0.0426. The molecule has 1 aromatic rings. The molecule has 1 N–H and O–H groups in total. The Labute approximate surface area is 115 Å². The van der Waals surface area contributed by atoms with Crippen molar-refractivity contribution in [1.29, 1.82) is 5.26 Å². The number of nitrogens with zero attached hydrogens (tertiary/aromatic N) is 1. The van der Waals surface area contributed by atoms with Crippen molar-refractivity contribution in [2.75, 3.05) is 0 Å². The normalized spacial score (nSPS) is 14.6. The molecule has 0 aliphatic carbocycles. The molecule has 0 heterocycles. The number of nitriles is 1. The Morgan fingerprint density at radius 1 is 1.26 bits per heavy atom. The van der Waals surface area contributed by atoms with Crippen molar-refractivity contribution in [3.05, 3.63) is 29.8 Å². The van der Waals surface area contributed by atoms with Gasteiger partial charge in [0.05, 0.1) is 11.0 Å². The van der Waals surface area contributed by atoms with Crippen LogP contribution in [0, 0.1) is 11.3 Å². The maximum absolute atomic E-state index is 12.2. The number of aryl methyl sites for hydroxylation is 1. The van der Waals surface area contributed by atoms with Crippen LogP contribution in [0.4, 0.5) is 0 Å². The highest BCUT2D eigenvalue weighted by molar-refractivity contribution is 7.89. The van der Waals surface area contributed by atoms with Gasteiger partial charge in [0.15, 0.2) is 0 Å². The van der Waals surface area contributed by atoms with Crippen molar-refractivity contribution in [2.24, 2.45) is 0 Å². The van der Waals surface area contributed by atoms with Crippen LogP contribution in [0.15, 0.2) is 29.2 Å². The minimum absolute atomic E-state index is 0.197. The lowest BCUT2D eigenvalue weighted by Crippen LogP contribution is -2.44. The molecule has 0 radical (unpaired) electrons. The molecule has 0 amide bonds. The highest BCUT2D eigenvalue weighted by Crippen LogP contribution is 2.16. The van der Waals surface area contributed by atoms with Crippen molar-refractivity contribution in [3.8, 4) is 6.07 Å². The molecule has 5 heteroatoms. The molecular weight excluding hydrogens is 260 g/mol. The second kappa shape index (κ2) is 6.18. The van der Waals surface area contributed by atoms with Gasteiger partial charge in [0, 0.05) is 0 Å². The molecule has 1 rings (SSSR count). The van der Waals surface area contributed by atoms with Gasteiger partial charge in [-0.25, -0.2) is 8.42 Å². The van der Waals surface area contributed by atoms with E-state index in [0.29, 0.717) is 6.42 Å². The fraction of sp³-hybridized carbons (Fsp3) is 0.500. The van der Waals surface area contributed by atoms with Gasteiger partial charge in [-0.1, -0.05) is 32.4 Å². The molecule has 4 nitrogen and oxygen atoms in total. The zero-order valence-corrected chi connectivity index (χ0v) is 12.4. The monoisotopic (exact) mass is 280 g/mol. The quantitative estimate of drug-likeness (QED) is 0.870. The summed E-state index contributed by atoms with van der Waals surface area (Å²) in [6.07, 6.45) is 2.36. The number of hydrogen-bond donors (Lipinski definition) is 1.